The Hall–Kier alpha value is -4.40. The number of hydrogen-bond donors (Lipinski definition) is 22. The van der Waals surface area contributed by atoms with E-state index in [4.69, 9.17) is 39.7 Å². The molecule has 0 bridgehead atoms. The predicted molar refractivity (Wildman–Crippen MR) is 561 cm³/mol. The van der Waals surface area contributed by atoms with Gasteiger partial charge in [0.2, 0.25) is 5.67 Å². The van der Waals surface area contributed by atoms with Crippen molar-refractivity contribution in [1.82, 2.24) is 116 Å². The monoisotopic (exact) mass is 2120 g/mol. The number of aromatic nitrogens is 2. The number of benzene rings is 1. The average Bonchev–Trinajstić information content (AvgIpc) is 1.54. The standard InChI is InChI=1S/C9H10FN.C7H13NO.C6H9N3.3C6H11NO.C6H11N.2C6H13N.C5H7F2N.C5H8N2.C5H11NO.C5H9N.C5H11N.C4H5F4N.C4H6F3N.C4H8FN.C4H6N2.C4H9NO.C4H9N/c10-9-3-1-7(2-4-9)8-5-11-6-8;1-3-9-4-2-7(1)5-8-6-7;1-2-8-9(3-1)6-4-7-5-6;8-5-1-6(2-5)3-7-4-6;1-2-8-5-6(1)3-7-4-6;1-2-6(8-3-1)4-7-5-6;1-2-6(3-1)4-7-5-6;1-5(2)6-3-7-4-6;1-3-6(2)4-7-5-6;6-5(7)1-4(5)2-8-3-4;1-5(2-6)3-7-4-5;1-5(7-2)3-6-4-5;1-2-5(1)3-6-4-5;1-5(2)3-6-4-5;5-3(1-9-2-3)4(6,7)8;5-4(6,7)3-1-8-2-3;1-4(5)2-6-3-4;5-1-4-2-6-3-4;6-3-4-1-5-2-4;1-4-2-5-3-4/h1-4,8,11H,5-6H2;8H,1-6H2;1-3,6-7H,4-5H2;5,7-8H,1-4H2;2*7H,1-5H2;7H,1-5H2;5-7H,3-4H2,1-2H3;7H,3-5H2,1-2H3;8H,1-3H2;7H,3-4H2,1H3;6H,3-4H2,1-2H3;6H,1-4H2;6H,3-4H2,1-2H3;9H,1-2H2;3,8H,1-2H2;6H,2-3H2,1H3;4,6H,2-3H2;4-6H,1-3H2;4-5H,2-3H2,1H3. The van der Waals surface area contributed by atoms with Crippen LogP contribution in [0.2, 0.25) is 0 Å². The van der Waals surface area contributed by atoms with Crippen LogP contribution >= 0.6 is 0 Å². The molecule has 41 heteroatoms. The quantitative estimate of drug-likeness (QED) is 0.127. The molecule has 23 aliphatic heterocycles. The Labute approximate surface area is 876 Å². The summed E-state index contributed by atoms with van der Waals surface area (Å²) in [6, 6.07) is 13.7. The van der Waals surface area contributed by atoms with E-state index < -0.39 is 54.0 Å². The van der Waals surface area contributed by atoms with Crippen LogP contribution in [0.25, 0.3) is 0 Å². The summed E-state index contributed by atoms with van der Waals surface area (Å²) in [6.45, 7) is 64.2. The van der Waals surface area contributed by atoms with Crippen LogP contribution in [0.4, 0.5) is 48.3 Å². The Kier molecular flexibility index (Phi) is 49.3. The van der Waals surface area contributed by atoms with E-state index in [0.29, 0.717) is 89.3 Å². The zero-order valence-corrected chi connectivity index (χ0v) is 91.1. The topological polar surface area (TPSA) is 383 Å². The van der Waals surface area contributed by atoms with Gasteiger partial charge in [-0.2, -0.15) is 42.0 Å². The number of nitrogens with zero attached hydrogens (tertiary/aromatic N) is 4. The smallest absolute Gasteiger partial charge is 0.396 e. The van der Waals surface area contributed by atoms with Gasteiger partial charge in [0.05, 0.1) is 64.8 Å². The molecule has 23 saturated heterocycles. The van der Waals surface area contributed by atoms with E-state index in [1.165, 1.54) is 193 Å². The Morgan fingerprint density at radius 3 is 1.05 bits per heavy atom. The van der Waals surface area contributed by atoms with Gasteiger partial charge in [0.25, 0.3) is 5.92 Å². The molecular formula is C107H191F11N24O6. The Balaban J connectivity index is 0.000000160. The van der Waals surface area contributed by atoms with Crippen molar-refractivity contribution in [3.63, 3.8) is 0 Å². The van der Waals surface area contributed by atoms with E-state index in [2.05, 4.69) is 179 Å². The fourth-order valence-corrected chi connectivity index (χ4v) is 18.3. The highest BCUT2D eigenvalue weighted by Crippen LogP contribution is 2.62. The first-order chi connectivity index (χ1) is 70.2. The minimum Gasteiger partial charge on any atom is -0.396 e. The minimum atomic E-state index is -4.70. The molecule has 30 nitrogen and oxygen atoms in total. The fraction of sp³-hybridized carbons (Fsp3) is 0.897. The lowest BCUT2D eigenvalue weighted by Crippen LogP contribution is -2.64. The lowest BCUT2D eigenvalue weighted by Gasteiger charge is -2.52. The van der Waals surface area contributed by atoms with Crippen molar-refractivity contribution in [2.45, 2.75) is 218 Å². The number of aliphatic hydroxyl groups excluding tert-OH is 2. The summed E-state index contributed by atoms with van der Waals surface area (Å²) in [5, 5.41) is 99.3. The molecule has 148 heavy (non-hydrogen) atoms. The van der Waals surface area contributed by atoms with Gasteiger partial charge in [-0.05, 0) is 193 Å². The molecule has 1 aromatic carbocycles. The van der Waals surface area contributed by atoms with Gasteiger partial charge in [0.15, 0.2) is 0 Å². The number of alkyl halides is 10. The molecule has 7 spiro atoms. The van der Waals surface area contributed by atoms with Gasteiger partial charge in [-0.15, -0.1) is 0 Å². The normalized spacial score (nSPS) is 27.6. The summed E-state index contributed by atoms with van der Waals surface area (Å²) >= 11 is 0. The van der Waals surface area contributed by atoms with E-state index in [1.54, 1.807) is 14.0 Å². The van der Waals surface area contributed by atoms with Gasteiger partial charge in [0, 0.05) is 317 Å². The minimum absolute atomic E-state index is 0.0251. The zero-order chi connectivity index (χ0) is 107. The number of aliphatic hydroxyl groups is 2. The van der Waals surface area contributed by atoms with Crippen molar-refractivity contribution < 1.29 is 77.5 Å². The molecule has 4 saturated carbocycles. The molecule has 1 aromatic heterocycles. The molecule has 29 rings (SSSR count). The van der Waals surface area contributed by atoms with Crippen molar-refractivity contribution in [2.75, 3.05) is 309 Å². The van der Waals surface area contributed by atoms with Gasteiger partial charge >= 0.3 is 12.4 Å². The largest absolute Gasteiger partial charge is 0.425 e. The molecule has 4 aliphatic carbocycles. The average molecular weight is 2120 g/mol. The molecule has 0 atom stereocenters. The van der Waals surface area contributed by atoms with E-state index in [-0.39, 0.29) is 42.4 Å². The van der Waals surface area contributed by atoms with Crippen LogP contribution in [0.3, 0.4) is 0 Å². The summed E-state index contributed by atoms with van der Waals surface area (Å²) < 4.78 is 153. The Bertz CT molecular complexity index is 3890. The molecule has 27 fully saturated rings. The molecule has 27 aliphatic rings. The van der Waals surface area contributed by atoms with Crippen molar-refractivity contribution >= 4 is 0 Å². The third-order valence-electron chi connectivity index (χ3n) is 33.8. The summed E-state index contributed by atoms with van der Waals surface area (Å²) in [5.41, 5.74) is 2.00. The van der Waals surface area contributed by atoms with Crippen LogP contribution < -0.4 is 106 Å². The van der Waals surface area contributed by atoms with Crippen LogP contribution in [-0.4, -0.2) is 375 Å². The van der Waals surface area contributed by atoms with E-state index in [0.717, 1.165) is 179 Å². The second-order valence-corrected chi connectivity index (χ2v) is 49.2. The summed E-state index contributed by atoms with van der Waals surface area (Å²) in [4.78, 5) is 0. The third-order valence-corrected chi connectivity index (χ3v) is 33.8. The molecule has 2 aromatic rings. The first kappa shape index (κ1) is 125. The van der Waals surface area contributed by atoms with Crippen molar-refractivity contribution in [1.29, 1.82) is 10.5 Å². The molecule has 22 N–H and O–H groups in total. The zero-order valence-electron chi connectivity index (χ0n) is 91.1. The first-order valence-electron chi connectivity index (χ1n) is 55.4. The molecule has 24 heterocycles. The molecule has 0 unspecified atom stereocenters. The van der Waals surface area contributed by atoms with Crippen molar-refractivity contribution in [3.05, 3.63) is 54.1 Å². The molecular weight excluding hydrogens is 1930 g/mol. The maximum Gasteiger partial charge on any atom is 0.425 e. The number of methoxy groups -OCH3 is 1. The molecule has 0 amide bonds. The number of hydrogen-bond acceptors (Lipinski definition) is 29. The fourth-order valence-electron chi connectivity index (χ4n) is 18.3. The van der Waals surface area contributed by atoms with E-state index >= 15 is 0 Å². The number of halogens is 11. The van der Waals surface area contributed by atoms with Crippen LogP contribution in [0, 0.1) is 113 Å². The van der Waals surface area contributed by atoms with Crippen LogP contribution in [-0.2, 0) is 18.9 Å². The first-order valence-corrected chi connectivity index (χ1v) is 55.4. The Morgan fingerprint density at radius 1 is 0.500 bits per heavy atom. The molecule has 0 radical (unpaired) electrons. The van der Waals surface area contributed by atoms with Crippen molar-refractivity contribution in [2.24, 2.45) is 84.2 Å². The second-order valence-electron chi connectivity index (χ2n) is 49.2. The number of ether oxygens (including phenoxy) is 4. The predicted octanol–water partition coefficient (Wildman–Crippen LogP) is 7.23. The van der Waals surface area contributed by atoms with Gasteiger partial charge in [-0.3, -0.25) is 4.68 Å². The van der Waals surface area contributed by atoms with Gasteiger partial charge in [0.1, 0.15) is 11.5 Å². The van der Waals surface area contributed by atoms with E-state index in [9.17, 15) is 48.3 Å². The highest BCUT2D eigenvalue weighted by atomic mass is 19.4. The van der Waals surface area contributed by atoms with Gasteiger partial charge < -0.3 is 135 Å². The second kappa shape index (κ2) is 58.2. The maximum atomic E-state index is 12.5. The number of nitrogens with one attached hydrogen (secondary N) is 20. The van der Waals surface area contributed by atoms with Crippen LogP contribution in [0.15, 0.2) is 42.7 Å². The van der Waals surface area contributed by atoms with E-state index in [1.807, 2.05) is 42.2 Å². The number of rotatable bonds is 6. The summed E-state index contributed by atoms with van der Waals surface area (Å²) in [7, 11) is 1.75. The van der Waals surface area contributed by atoms with Gasteiger partial charge in [-0.1, -0.05) is 67.0 Å². The lowest BCUT2D eigenvalue weighted by molar-refractivity contribution is -0.244. The Morgan fingerprint density at radius 2 is 0.939 bits per heavy atom. The van der Waals surface area contributed by atoms with Crippen LogP contribution in [0.5, 0.6) is 0 Å². The number of nitriles is 2. The molecule has 852 valence electrons. The lowest BCUT2D eigenvalue weighted by atomic mass is 9.63. The highest BCUT2D eigenvalue weighted by molar-refractivity contribution is 5.23. The highest BCUT2D eigenvalue weighted by Gasteiger charge is 2.73. The summed E-state index contributed by atoms with van der Waals surface area (Å²) in [6.07, 6.45) is 12.6. The van der Waals surface area contributed by atoms with Crippen LogP contribution in [0.1, 0.15) is 177 Å². The third kappa shape index (κ3) is 40.6. The maximum absolute atomic E-state index is 12.5. The SMILES string of the molecule is C1CC12CNC2.C1CC2(C1)CNC2.C1CC2(CCO1)CNC2.C1CC2(CNC2)CO1.C1COC2(C1)CNC2.CC(C)C1CNC1.CC1(C#N)CNC1.CC1(C)CNC1.CC1(F)CNC1.CC1CNC1.CCC1(C)CNC1.COC1(C)CNC1.FC(F)(F)C1(F)CNC1.FC(F)(F)C1CNC1.FC1(F)CC12CNC2.Fc1ccc(C2CNC2)cc1.N#CC1CNC1.OC1CC2(CNC2)C1.OCC1CNC1.c1cnn(C2CNC2)c1. The van der Waals surface area contributed by atoms with Crippen molar-refractivity contribution in [3.8, 4) is 12.1 Å². The van der Waals surface area contributed by atoms with Gasteiger partial charge in [-0.25, -0.2) is 22.0 Å². The summed E-state index contributed by atoms with van der Waals surface area (Å²) in [5.74, 6) is 0.739.